The van der Waals surface area contributed by atoms with Crippen molar-refractivity contribution in [3.05, 3.63) is 11.1 Å². The Hall–Kier alpha value is -0.300. The van der Waals surface area contributed by atoms with E-state index in [2.05, 4.69) is 48.5 Å². The molecule has 3 saturated carbocycles. The Bertz CT molecular complexity index is 676. The maximum absolute atomic E-state index is 10.5. The van der Waals surface area contributed by atoms with E-state index in [1.807, 2.05) is 11.1 Å². The van der Waals surface area contributed by atoms with Crippen LogP contribution in [0.2, 0.25) is 0 Å². The highest BCUT2D eigenvalue weighted by atomic mass is 16.3. The zero-order valence-corrected chi connectivity index (χ0v) is 21.8. The van der Waals surface area contributed by atoms with Gasteiger partial charge in [-0.15, -0.1) is 0 Å². The van der Waals surface area contributed by atoms with Gasteiger partial charge in [0.25, 0.3) is 0 Å². The highest BCUT2D eigenvalue weighted by Crippen LogP contribution is 2.66. The maximum atomic E-state index is 10.5. The van der Waals surface area contributed by atoms with Crippen LogP contribution in [0.15, 0.2) is 11.1 Å². The van der Waals surface area contributed by atoms with E-state index >= 15 is 0 Å². The van der Waals surface area contributed by atoms with E-state index in [-0.39, 0.29) is 6.10 Å². The van der Waals surface area contributed by atoms with Crippen molar-refractivity contribution in [3.8, 4) is 0 Å². The zero-order valence-electron chi connectivity index (χ0n) is 21.8. The number of fused-ring (bicyclic) bond motifs is 4. The second-order valence-corrected chi connectivity index (χ2v) is 13.2. The molecule has 3 fully saturated rings. The van der Waals surface area contributed by atoms with E-state index in [4.69, 9.17) is 0 Å². The summed E-state index contributed by atoms with van der Waals surface area (Å²) >= 11 is 0. The average molecular weight is 429 g/mol. The van der Waals surface area contributed by atoms with Gasteiger partial charge in [-0.3, -0.25) is 0 Å². The third-order valence-corrected chi connectivity index (χ3v) is 11.7. The summed E-state index contributed by atoms with van der Waals surface area (Å²) in [5.74, 6) is 5.53. The molecule has 4 unspecified atom stereocenters. The first-order valence-electron chi connectivity index (χ1n) is 14.0. The van der Waals surface area contributed by atoms with Gasteiger partial charge in [-0.25, -0.2) is 0 Å². The van der Waals surface area contributed by atoms with Gasteiger partial charge in [0.1, 0.15) is 0 Å². The molecule has 9 atom stereocenters. The van der Waals surface area contributed by atoms with E-state index in [9.17, 15) is 5.11 Å². The number of aliphatic hydroxyl groups excluding tert-OH is 1. The number of aliphatic hydroxyl groups is 1. The fourth-order valence-electron chi connectivity index (χ4n) is 9.58. The van der Waals surface area contributed by atoms with Crippen molar-refractivity contribution in [2.24, 2.45) is 52.3 Å². The van der Waals surface area contributed by atoms with Crippen LogP contribution >= 0.6 is 0 Å². The van der Waals surface area contributed by atoms with Gasteiger partial charge in [0.05, 0.1) is 6.10 Å². The van der Waals surface area contributed by atoms with Crippen LogP contribution in [-0.4, -0.2) is 11.2 Å². The first-order chi connectivity index (χ1) is 14.6. The molecule has 0 aromatic carbocycles. The van der Waals surface area contributed by atoms with Gasteiger partial charge < -0.3 is 5.11 Å². The summed E-state index contributed by atoms with van der Waals surface area (Å²) in [4.78, 5) is 0. The molecule has 4 rings (SSSR count). The SMILES string of the molecule is CCC(CCC(C)[C@H]1CCC2=C3CCC4[C@H](C)[C@@H](O)CC[C@]4(C)C3CC[C@@]21C)C(C)C. The maximum Gasteiger partial charge on any atom is 0.0568 e. The number of hydrogen-bond donors (Lipinski definition) is 1. The fourth-order valence-corrected chi connectivity index (χ4v) is 9.58. The van der Waals surface area contributed by atoms with Crippen molar-refractivity contribution >= 4 is 0 Å². The smallest absolute Gasteiger partial charge is 0.0568 e. The molecule has 0 aliphatic heterocycles. The molecule has 0 amide bonds. The fraction of sp³-hybridized carbons (Fsp3) is 0.933. The zero-order chi connectivity index (χ0) is 22.6. The second-order valence-electron chi connectivity index (χ2n) is 13.2. The summed E-state index contributed by atoms with van der Waals surface area (Å²) in [5, 5.41) is 10.5. The first kappa shape index (κ1) is 23.8. The largest absolute Gasteiger partial charge is 0.393 e. The lowest BCUT2D eigenvalue weighted by atomic mass is 9.47. The lowest BCUT2D eigenvalue weighted by Gasteiger charge is -2.58. The molecule has 0 spiro atoms. The van der Waals surface area contributed by atoms with Crippen molar-refractivity contribution in [3.63, 3.8) is 0 Å². The summed E-state index contributed by atoms with van der Waals surface area (Å²) < 4.78 is 0. The minimum absolute atomic E-state index is 0.0596. The van der Waals surface area contributed by atoms with Crippen LogP contribution in [0.4, 0.5) is 0 Å². The Labute approximate surface area is 193 Å². The highest BCUT2D eigenvalue weighted by molar-refractivity contribution is 5.35. The molecule has 31 heavy (non-hydrogen) atoms. The molecule has 1 nitrogen and oxygen atoms in total. The van der Waals surface area contributed by atoms with E-state index in [0.29, 0.717) is 16.7 Å². The van der Waals surface area contributed by atoms with E-state index in [1.165, 1.54) is 64.2 Å². The molecule has 4 aliphatic carbocycles. The third-order valence-electron chi connectivity index (χ3n) is 11.7. The summed E-state index contributed by atoms with van der Waals surface area (Å²) in [6.45, 7) is 17.4. The monoisotopic (exact) mass is 428 g/mol. The molecule has 0 heterocycles. The lowest BCUT2D eigenvalue weighted by Crippen LogP contribution is -2.51. The van der Waals surface area contributed by atoms with Crippen molar-refractivity contribution in [1.82, 2.24) is 0 Å². The Kier molecular flexibility index (Phi) is 6.78. The summed E-state index contributed by atoms with van der Waals surface area (Å²) in [7, 11) is 0. The molecule has 0 saturated heterocycles. The predicted molar refractivity (Wildman–Crippen MR) is 133 cm³/mol. The van der Waals surface area contributed by atoms with Crippen molar-refractivity contribution in [2.45, 2.75) is 125 Å². The Morgan fingerprint density at radius 3 is 2.39 bits per heavy atom. The quantitative estimate of drug-likeness (QED) is 0.421. The number of allylic oxidation sites excluding steroid dienone is 2. The van der Waals surface area contributed by atoms with Crippen molar-refractivity contribution in [1.29, 1.82) is 0 Å². The van der Waals surface area contributed by atoms with Crippen LogP contribution in [0.3, 0.4) is 0 Å². The van der Waals surface area contributed by atoms with Gasteiger partial charge >= 0.3 is 0 Å². The molecule has 4 aliphatic rings. The van der Waals surface area contributed by atoms with Gasteiger partial charge in [0.2, 0.25) is 0 Å². The summed E-state index contributed by atoms with van der Waals surface area (Å²) in [5.41, 5.74) is 4.76. The van der Waals surface area contributed by atoms with Crippen LogP contribution in [0.5, 0.6) is 0 Å². The van der Waals surface area contributed by atoms with Crippen molar-refractivity contribution in [2.75, 3.05) is 0 Å². The predicted octanol–water partition coefficient (Wildman–Crippen LogP) is 8.41. The molecule has 1 heteroatoms. The normalized spacial score (nSPS) is 44.6. The molecule has 1 N–H and O–H groups in total. The van der Waals surface area contributed by atoms with E-state index in [1.54, 1.807) is 0 Å². The van der Waals surface area contributed by atoms with Crippen LogP contribution < -0.4 is 0 Å². The first-order valence-corrected chi connectivity index (χ1v) is 14.0. The summed E-state index contributed by atoms with van der Waals surface area (Å²) in [6, 6.07) is 0. The molecule has 0 bridgehead atoms. The number of rotatable bonds is 6. The van der Waals surface area contributed by atoms with Gasteiger partial charge in [0.15, 0.2) is 0 Å². The minimum Gasteiger partial charge on any atom is -0.393 e. The molecular formula is C30H52O. The second kappa shape index (κ2) is 8.81. The topological polar surface area (TPSA) is 20.2 Å². The van der Waals surface area contributed by atoms with Gasteiger partial charge in [-0.1, -0.05) is 72.5 Å². The van der Waals surface area contributed by atoms with E-state index < -0.39 is 0 Å². The Balaban J connectivity index is 1.53. The van der Waals surface area contributed by atoms with Crippen LogP contribution in [0, 0.1) is 52.3 Å². The minimum atomic E-state index is -0.0596. The van der Waals surface area contributed by atoms with Crippen molar-refractivity contribution < 1.29 is 5.11 Å². The Morgan fingerprint density at radius 2 is 1.71 bits per heavy atom. The Morgan fingerprint density at radius 1 is 0.968 bits per heavy atom. The molecular weight excluding hydrogens is 376 g/mol. The summed E-state index contributed by atoms with van der Waals surface area (Å²) in [6.07, 6.45) is 14.7. The third kappa shape index (κ3) is 3.87. The molecule has 178 valence electrons. The average Bonchev–Trinajstić information content (AvgIpc) is 3.08. The lowest BCUT2D eigenvalue weighted by molar-refractivity contribution is -0.0779. The number of hydrogen-bond acceptors (Lipinski definition) is 1. The van der Waals surface area contributed by atoms with Crippen LogP contribution in [0.25, 0.3) is 0 Å². The molecule has 0 aromatic rings. The van der Waals surface area contributed by atoms with Gasteiger partial charge in [0, 0.05) is 0 Å². The van der Waals surface area contributed by atoms with Crippen LogP contribution in [0.1, 0.15) is 119 Å². The molecule has 0 radical (unpaired) electrons. The highest BCUT2D eigenvalue weighted by Gasteiger charge is 2.57. The molecule has 0 aromatic heterocycles. The standard InChI is InChI=1S/C30H52O/c1-8-22(19(2)3)10-9-20(4)24-13-14-26-23-11-12-25-21(5)28(31)16-18-30(25,7)27(23)15-17-29(24,26)6/h19-22,24-25,27-28,31H,8-18H2,1-7H3/t20?,21-,22?,24+,25?,27?,28-,29+,30-/m0/s1. The van der Waals surface area contributed by atoms with Crippen LogP contribution in [-0.2, 0) is 0 Å². The van der Waals surface area contributed by atoms with E-state index in [0.717, 1.165) is 41.9 Å². The van der Waals surface area contributed by atoms with Gasteiger partial charge in [-0.2, -0.15) is 0 Å². The van der Waals surface area contributed by atoms with Gasteiger partial charge in [-0.05, 0) is 110 Å².